The third-order valence-corrected chi connectivity index (χ3v) is 3.83. The summed E-state index contributed by atoms with van der Waals surface area (Å²) in [6, 6.07) is 12.9. The molecule has 1 heterocycles. The molecule has 0 aliphatic rings. The quantitative estimate of drug-likeness (QED) is 0.692. The van der Waals surface area contributed by atoms with Crippen molar-refractivity contribution in [1.29, 1.82) is 0 Å². The molecule has 0 fully saturated rings. The number of hydrogen-bond acceptors (Lipinski definition) is 3. The zero-order valence-electron chi connectivity index (χ0n) is 13.0. The van der Waals surface area contributed by atoms with Crippen molar-refractivity contribution >= 4 is 22.5 Å². The average molecular weight is 310 g/mol. The number of hydrogen-bond donors (Lipinski definition) is 3. The summed E-state index contributed by atoms with van der Waals surface area (Å²) in [6.07, 6.45) is 0. The van der Waals surface area contributed by atoms with Crippen LogP contribution in [-0.2, 0) is 6.61 Å². The van der Waals surface area contributed by atoms with Crippen LogP contribution in [0.3, 0.4) is 0 Å². The largest absolute Gasteiger partial charge is 0.496 e. The summed E-state index contributed by atoms with van der Waals surface area (Å²) in [5.41, 5.74) is 3.62. The number of carbonyl (C=O) groups is 1. The monoisotopic (exact) mass is 310 g/mol. The van der Waals surface area contributed by atoms with E-state index < -0.39 is 0 Å². The van der Waals surface area contributed by atoms with Crippen molar-refractivity contribution in [1.82, 2.24) is 4.98 Å². The minimum Gasteiger partial charge on any atom is -0.496 e. The summed E-state index contributed by atoms with van der Waals surface area (Å²) in [5.74, 6) is 0.405. The van der Waals surface area contributed by atoms with Gasteiger partial charge in [0.05, 0.1) is 19.3 Å². The molecule has 0 atom stereocenters. The van der Waals surface area contributed by atoms with Crippen molar-refractivity contribution in [2.45, 2.75) is 13.5 Å². The normalized spacial score (nSPS) is 10.7. The van der Waals surface area contributed by atoms with Gasteiger partial charge in [0.25, 0.3) is 5.91 Å². The van der Waals surface area contributed by atoms with Crippen molar-refractivity contribution in [3.63, 3.8) is 0 Å². The van der Waals surface area contributed by atoms with E-state index in [0.717, 1.165) is 16.6 Å². The molecule has 5 heteroatoms. The fourth-order valence-corrected chi connectivity index (χ4v) is 2.74. The number of nitrogens with one attached hydrogen (secondary N) is 2. The molecule has 1 amide bonds. The molecule has 118 valence electrons. The number of aliphatic hydroxyl groups is 1. The lowest BCUT2D eigenvalue weighted by Gasteiger charge is -2.10. The molecule has 0 unspecified atom stereocenters. The summed E-state index contributed by atoms with van der Waals surface area (Å²) >= 11 is 0. The highest BCUT2D eigenvalue weighted by molar-refractivity contribution is 6.13. The molecule has 0 saturated heterocycles. The highest BCUT2D eigenvalue weighted by atomic mass is 16.5. The van der Waals surface area contributed by atoms with Gasteiger partial charge in [0.15, 0.2) is 0 Å². The van der Waals surface area contributed by atoms with Crippen molar-refractivity contribution in [3.05, 3.63) is 59.3 Å². The second kappa shape index (κ2) is 6.14. The fraction of sp³-hybridized carbons (Fsp3) is 0.167. The lowest BCUT2D eigenvalue weighted by Crippen LogP contribution is -2.13. The SMILES string of the molecule is COc1ccc(NC(=O)c2c(C)[nH]c3ccccc23)cc1CO. The van der Waals surface area contributed by atoms with E-state index in [-0.39, 0.29) is 12.5 Å². The van der Waals surface area contributed by atoms with Gasteiger partial charge in [-0.05, 0) is 31.2 Å². The van der Waals surface area contributed by atoms with Gasteiger partial charge in [-0.2, -0.15) is 0 Å². The first kappa shape index (κ1) is 15.1. The number of aromatic nitrogens is 1. The highest BCUT2D eigenvalue weighted by Gasteiger charge is 2.16. The maximum atomic E-state index is 12.6. The van der Waals surface area contributed by atoms with E-state index in [4.69, 9.17) is 4.74 Å². The summed E-state index contributed by atoms with van der Waals surface area (Å²) in [7, 11) is 1.54. The molecule has 3 rings (SSSR count). The third kappa shape index (κ3) is 2.78. The summed E-state index contributed by atoms with van der Waals surface area (Å²) in [6.45, 7) is 1.72. The Bertz CT molecular complexity index is 868. The van der Waals surface area contributed by atoms with Crippen LogP contribution in [-0.4, -0.2) is 23.1 Å². The van der Waals surface area contributed by atoms with Gasteiger partial charge in [-0.3, -0.25) is 4.79 Å². The Balaban J connectivity index is 1.93. The number of aryl methyl sites for hydroxylation is 1. The number of aromatic amines is 1. The first-order valence-electron chi connectivity index (χ1n) is 7.30. The molecular weight excluding hydrogens is 292 g/mol. The molecule has 2 aromatic carbocycles. The van der Waals surface area contributed by atoms with E-state index in [2.05, 4.69) is 10.3 Å². The number of anilines is 1. The summed E-state index contributed by atoms with van der Waals surface area (Å²) in [5, 5.41) is 13.1. The van der Waals surface area contributed by atoms with Crippen LogP contribution in [0.4, 0.5) is 5.69 Å². The highest BCUT2D eigenvalue weighted by Crippen LogP contribution is 2.25. The van der Waals surface area contributed by atoms with Crippen molar-refractivity contribution in [2.24, 2.45) is 0 Å². The zero-order chi connectivity index (χ0) is 16.4. The van der Waals surface area contributed by atoms with Crippen LogP contribution in [0.2, 0.25) is 0 Å². The van der Waals surface area contributed by atoms with Crippen molar-refractivity contribution in [3.8, 4) is 5.75 Å². The number of methoxy groups -OCH3 is 1. The molecule has 0 bridgehead atoms. The third-order valence-electron chi connectivity index (χ3n) is 3.83. The number of para-hydroxylation sites is 1. The van der Waals surface area contributed by atoms with Crippen LogP contribution in [0.1, 0.15) is 21.6 Å². The first-order chi connectivity index (χ1) is 11.1. The smallest absolute Gasteiger partial charge is 0.258 e. The average Bonchev–Trinajstić information content (AvgIpc) is 2.90. The molecule has 3 N–H and O–H groups in total. The molecule has 0 saturated carbocycles. The van der Waals surface area contributed by atoms with Gasteiger partial charge in [0.1, 0.15) is 5.75 Å². The molecule has 5 nitrogen and oxygen atoms in total. The molecule has 3 aromatic rings. The number of H-pyrrole nitrogens is 1. The number of benzene rings is 2. The zero-order valence-corrected chi connectivity index (χ0v) is 13.0. The van der Waals surface area contributed by atoms with E-state index >= 15 is 0 Å². The minimum absolute atomic E-state index is 0.154. The minimum atomic E-state index is -0.186. The molecule has 0 spiro atoms. The van der Waals surface area contributed by atoms with E-state index in [1.807, 2.05) is 31.2 Å². The Morgan fingerprint density at radius 2 is 2.04 bits per heavy atom. The number of fused-ring (bicyclic) bond motifs is 1. The van der Waals surface area contributed by atoms with Gasteiger partial charge in [0.2, 0.25) is 0 Å². The molecular formula is C18H18N2O3. The van der Waals surface area contributed by atoms with E-state index in [9.17, 15) is 9.90 Å². The van der Waals surface area contributed by atoms with Crippen LogP contribution >= 0.6 is 0 Å². The lowest BCUT2D eigenvalue weighted by molar-refractivity contribution is 0.102. The van der Waals surface area contributed by atoms with Gasteiger partial charge in [-0.1, -0.05) is 18.2 Å². The predicted molar refractivity (Wildman–Crippen MR) is 89.9 cm³/mol. The fourth-order valence-electron chi connectivity index (χ4n) is 2.74. The predicted octanol–water partition coefficient (Wildman–Crippen LogP) is 3.23. The number of amides is 1. The molecule has 0 radical (unpaired) electrons. The van der Waals surface area contributed by atoms with Crippen LogP contribution in [0.15, 0.2) is 42.5 Å². The van der Waals surface area contributed by atoms with E-state index in [1.165, 1.54) is 0 Å². The van der Waals surface area contributed by atoms with Gasteiger partial charge in [-0.25, -0.2) is 0 Å². The second-order valence-electron chi connectivity index (χ2n) is 5.31. The maximum absolute atomic E-state index is 12.6. The Hall–Kier alpha value is -2.79. The summed E-state index contributed by atoms with van der Waals surface area (Å²) < 4.78 is 5.17. The number of ether oxygens (including phenoxy) is 1. The van der Waals surface area contributed by atoms with Crippen LogP contribution in [0.5, 0.6) is 5.75 Å². The number of carbonyl (C=O) groups excluding carboxylic acids is 1. The van der Waals surface area contributed by atoms with Crippen molar-refractivity contribution in [2.75, 3.05) is 12.4 Å². The molecule has 0 aliphatic carbocycles. The summed E-state index contributed by atoms with van der Waals surface area (Å²) in [4.78, 5) is 15.9. The van der Waals surface area contributed by atoms with Crippen molar-refractivity contribution < 1.29 is 14.6 Å². The van der Waals surface area contributed by atoms with E-state index in [0.29, 0.717) is 22.6 Å². The van der Waals surface area contributed by atoms with Crippen LogP contribution < -0.4 is 10.1 Å². The maximum Gasteiger partial charge on any atom is 0.258 e. The Labute approximate surface area is 133 Å². The first-order valence-corrected chi connectivity index (χ1v) is 7.30. The second-order valence-corrected chi connectivity index (χ2v) is 5.31. The Kier molecular flexibility index (Phi) is 4.04. The molecule has 0 aliphatic heterocycles. The van der Waals surface area contributed by atoms with Gasteiger partial charge in [0, 0.05) is 27.8 Å². The Morgan fingerprint density at radius 3 is 2.78 bits per heavy atom. The van der Waals surface area contributed by atoms with Crippen LogP contribution in [0, 0.1) is 6.92 Å². The van der Waals surface area contributed by atoms with Gasteiger partial charge in [-0.15, -0.1) is 0 Å². The number of aliphatic hydroxyl groups excluding tert-OH is 1. The standard InChI is InChI=1S/C18H18N2O3/c1-11-17(14-5-3-4-6-15(14)19-11)18(22)20-13-7-8-16(23-2)12(9-13)10-21/h3-9,19,21H,10H2,1-2H3,(H,20,22). The van der Waals surface area contributed by atoms with Crippen LogP contribution in [0.25, 0.3) is 10.9 Å². The Morgan fingerprint density at radius 1 is 1.26 bits per heavy atom. The molecule has 23 heavy (non-hydrogen) atoms. The molecule has 1 aromatic heterocycles. The van der Waals surface area contributed by atoms with Gasteiger partial charge < -0.3 is 20.1 Å². The van der Waals surface area contributed by atoms with E-state index in [1.54, 1.807) is 25.3 Å². The van der Waals surface area contributed by atoms with Gasteiger partial charge >= 0.3 is 0 Å². The topological polar surface area (TPSA) is 74.3 Å². The lowest BCUT2D eigenvalue weighted by atomic mass is 10.1. The number of rotatable bonds is 4.